The third-order valence-electron chi connectivity index (χ3n) is 2.82. The molecule has 0 aliphatic heterocycles. The van der Waals surface area contributed by atoms with Gasteiger partial charge in [0.1, 0.15) is 0 Å². The Hall–Kier alpha value is -2.17. The van der Waals surface area contributed by atoms with Crippen molar-refractivity contribution in [1.29, 1.82) is 0 Å². The van der Waals surface area contributed by atoms with Crippen molar-refractivity contribution < 1.29 is 9.53 Å². The first-order valence-corrected chi connectivity index (χ1v) is 6.34. The summed E-state index contributed by atoms with van der Waals surface area (Å²) in [5.41, 5.74) is 1.35. The molecule has 1 aromatic heterocycles. The smallest absolute Gasteiger partial charge is 0.360 e. The summed E-state index contributed by atoms with van der Waals surface area (Å²) in [6.07, 6.45) is 2.29. The topological polar surface area (TPSA) is 57.0 Å². The maximum Gasteiger partial charge on any atom is 0.360 e. The molecule has 19 heavy (non-hydrogen) atoms. The van der Waals surface area contributed by atoms with Gasteiger partial charge in [-0.3, -0.25) is 0 Å². The van der Waals surface area contributed by atoms with Crippen LogP contribution in [0.5, 0.6) is 0 Å². The molecule has 2 rings (SSSR count). The van der Waals surface area contributed by atoms with E-state index >= 15 is 0 Å². The summed E-state index contributed by atoms with van der Waals surface area (Å²) in [5.74, 6) is -0.423. The van der Waals surface area contributed by atoms with Crippen molar-refractivity contribution >= 4 is 5.97 Å². The zero-order chi connectivity index (χ0) is 13.7. The molecular weight excluding hydrogens is 242 g/mol. The minimum atomic E-state index is -0.423. The van der Waals surface area contributed by atoms with E-state index in [1.807, 2.05) is 44.2 Å². The van der Waals surface area contributed by atoms with Crippen LogP contribution in [0, 0.1) is 0 Å². The zero-order valence-electron chi connectivity index (χ0n) is 11.1. The van der Waals surface area contributed by atoms with Gasteiger partial charge in [-0.25, -0.2) is 9.48 Å². The largest absolute Gasteiger partial charge is 0.458 e. The predicted octanol–water partition coefficient (Wildman–Crippen LogP) is 2.28. The second kappa shape index (κ2) is 6.13. The number of hydrogen-bond acceptors (Lipinski definition) is 4. The van der Waals surface area contributed by atoms with Gasteiger partial charge in [-0.15, -0.1) is 5.10 Å². The number of aromatic nitrogens is 3. The molecule has 0 aliphatic rings. The summed E-state index contributed by atoms with van der Waals surface area (Å²) in [5, 5.41) is 7.77. The summed E-state index contributed by atoms with van der Waals surface area (Å²) in [6, 6.07) is 9.88. The highest BCUT2D eigenvalue weighted by Crippen LogP contribution is 2.05. The Labute approximate surface area is 112 Å². The molecule has 0 bridgehead atoms. The van der Waals surface area contributed by atoms with Gasteiger partial charge in [0.15, 0.2) is 5.69 Å². The highest BCUT2D eigenvalue weighted by atomic mass is 16.5. The van der Waals surface area contributed by atoms with Crippen LogP contribution in [-0.4, -0.2) is 27.1 Å². The van der Waals surface area contributed by atoms with Gasteiger partial charge in [0, 0.05) is 0 Å². The van der Waals surface area contributed by atoms with Gasteiger partial charge in [0.25, 0.3) is 0 Å². The van der Waals surface area contributed by atoms with Crippen molar-refractivity contribution in [2.24, 2.45) is 0 Å². The quantitative estimate of drug-likeness (QED) is 0.773. The molecule has 0 N–H and O–H groups in total. The molecule has 0 saturated carbocycles. The minimum Gasteiger partial charge on any atom is -0.458 e. The van der Waals surface area contributed by atoms with E-state index in [0.29, 0.717) is 6.54 Å². The molecule has 1 aromatic carbocycles. The van der Waals surface area contributed by atoms with Crippen molar-refractivity contribution in [2.75, 3.05) is 0 Å². The molecule has 5 heteroatoms. The first-order valence-electron chi connectivity index (χ1n) is 6.34. The summed E-state index contributed by atoms with van der Waals surface area (Å²) in [4.78, 5) is 11.7. The molecule has 0 radical (unpaired) electrons. The van der Waals surface area contributed by atoms with Gasteiger partial charge < -0.3 is 4.74 Å². The third-order valence-corrected chi connectivity index (χ3v) is 2.82. The van der Waals surface area contributed by atoms with Crippen molar-refractivity contribution in [3.63, 3.8) is 0 Å². The SMILES string of the molecule is CCC(C)OC(=O)c1cn(Cc2ccccc2)nn1. The molecule has 1 atom stereocenters. The third kappa shape index (κ3) is 3.64. The van der Waals surface area contributed by atoms with Crippen LogP contribution in [0.2, 0.25) is 0 Å². The van der Waals surface area contributed by atoms with Crippen LogP contribution in [0.4, 0.5) is 0 Å². The van der Waals surface area contributed by atoms with E-state index < -0.39 is 5.97 Å². The van der Waals surface area contributed by atoms with E-state index in [2.05, 4.69) is 10.3 Å². The summed E-state index contributed by atoms with van der Waals surface area (Å²) < 4.78 is 6.82. The van der Waals surface area contributed by atoms with Crippen LogP contribution >= 0.6 is 0 Å². The van der Waals surface area contributed by atoms with E-state index in [1.54, 1.807) is 10.9 Å². The molecule has 2 aromatic rings. The number of carbonyl (C=O) groups is 1. The van der Waals surface area contributed by atoms with E-state index in [9.17, 15) is 4.79 Å². The van der Waals surface area contributed by atoms with Crippen molar-refractivity contribution in [2.45, 2.75) is 32.9 Å². The average molecular weight is 259 g/mol. The molecule has 0 saturated heterocycles. The number of nitrogens with zero attached hydrogens (tertiary/aromatic N) is 3. The Morgan fingerprint density at radius 2 is 2.11 bits per heavy atom. The van der Waals surface area contributed by atoms with Gasteiger partial charge in [0.2, 0.25) is 0 Å². The Kier molecular flexibility index (Phi) is 4.28. The first-order chi connectivity index (χ1) is 9.19. The summed E-state index contributed by atoms with van der Waals surface area (Å²) in [7, 11) is 0. The molecule has 100 valence electrons. The molecule has 0 spiro atoms. The Morgan fingerprint density at radius 3 is 2.79 bits per heavy atom. The van der Waals surface area contributed by atoms with Crippen molar-refractivity contribution in [3.8, 4) is 0 Å². The molecule has 1 heterocycles. The second-order valence-corrected chi connectivity index (χ2v) is 4.41. The zero-order valence-corrected chi connectivity index (χ0v) is 11.1. The van der Waals surface area contributed by atoms with Crippen molar-refractivity contribution in [3.05, 3.63) is 47.8 Å². The van der Waals surface area contributed by atoms with Crippen LogP contribution in [0.15, 0.2) is 36.5 Å². The minimum absolute atomic E-state index is 0.105. The van der Waals surface area contributed by atoms with Gasteiger partial charge >= 0.3 is 5.97 Å². The number of benzene rings is 1. The average Bonchev–Trinajstić information content (AvgIpc) is 2.88. The summed E-state index contributed by atoms with van der Waals surface area (Å²) >= 11 is 0. The van der Waals surface area contributed by atoms with Gasteiger partial charge in [-0.2, -0.15) is 0 Å². The standard InChI is InChI=1S/C14H17N3O2/c1-3-11(2)19-14(18)13-10-17(16-15-13)9-12-7-5-4-6-8-12/h4-8,10-11H,3,9H2,1-2H3. The molecule has 0 aliphatic carbocycles. The number of ether oxygens (including phenoxy) is 1. The Morgan fingerprint density at radius 1 is 1.37 bits per heavy atom. The molecular formula is C14H17N3O2. The highest BCUT2D eigenvalue weighted by Gasteiger charge is 2.14. The van der Waals surface area contributed by atoms with Crippen LogP contribution in [0.3, 0.4) is 0 Å². The maximum absolute atomic E-state index is 11.7. The van der Waals surface area contributed by atoms with E-state index in [4.69, 9.17) is 4.74 Å². The lowest BCUT2D eigenvalue weighted by molar-refractivity contribution is 0.0327. The van der Waals surface area contributed by atoms with E-state index in [1.165, 1.54) is 0 Å². The fourth-order valence-corrected chi connectivity index (χ4v) is 1.57. The number of rotatable bonds is 5. The Balaban J connectivity index is 2.01. The van der Waals surface area contributed by atoms with Gasteiger partial charge in [-0.05, 0) is 18.9 Å². The normalized spacial score (nSPS) is 12.1. The summed E-state index contributed by atoms with van der Waals surface area (Å²) in [6.45, 7) is 4.40. The molecule has 0 fully saturated rings. The molecule has 5 nitrogen and oxygen atoms in total. The Bertz CT molecular complexity index is 537. The lowest BCUT2D eigenvalue weighted by Crippen LogP contribution is -2.14. The van der Waals surface area contributed by atoms with E-state index in [0.717, 1.165) is 12.0 Å². The van der Waals surface area contributed by atoms with Gasteiger partial charge in [-0.1, -0.05) is 42.5 Å². The number of carbonyl (C=O) groups excluding carboxylic acids is 1. The highest BCUT2D eigenvalue weighted by molar-refractivity contribution is 5.86. The first kappa shape index (κ1) is 13.3. The predicted molar refractivity (Wildman–Crippen MR) is 70.7 cm³/mol. The van der Waals surface area contributed by atoms with Crippen LogP contribution in [0.1, 0.15) is 36.3 Å². The van der Waals surface area contributed by atoms with Gasteiger partial charge in [0.05, 0.1) is 18.8 Å². The monoisotopic (exact) mass is 259 g/mol. The van der Waals surface area contributed by atoms with Crippen molar-refractivity contribution in [1.82, 2.24) is 15.0 Å². The van der Waals surface area contributed by atoms with Crippen LogP contribution in [-0.2, 0) is 11.3 Å². The second-order valence-electron chi connectivity index (χ2n) is 4.41. The fraction of sp³-hybridized carbons (Fsp3) is 0.357. The van der Waals surface area contributed by atoms with Crippen LogP contribution in [0.25, 0.3) is 0 Å². The molecule has 0 amide bonds. The lowest BCUT2D eigenvalue weighted by atomic mass is 10.2. The molecule has 1 unspecified atom stereocenters. The number of hydrogen-bond donors (Lipinski definition) is 0. The lowest BCUT2D eigenvalue weighted by Gasteiger charge is -2.08. The maximum atomic E-state index is 11.7. The number of esters is 1. The van der Waals surface area contributed by atoms with Crippen LogP contribution < -0.4 is 0 Å². The fourth-order valence-electron chi connectivity index (χ4n) is 1.57. The van der Waals surface area contributed by atoms with E-state index in [-0.39, 0.29) is 11.8 Å².